The second kappa shape index (κ2) is 9.11. The number of urea groups is 1. The van der Waals surface area contributed by atoms with Gasteiger partial charge in [-0.25, -0.2) is 23.5 Å². The first-order valence-corrected chi connectivity index (χ1v) is 10.9. The predicted octanol–water partition coefficient (Wildman–Crippen LogP) is 3.64. The Kier molecular flexibility index (Phi) is 6.28. The van der Waals surface area contributed by atoms with Crippen molar-refractivity contribution in [2.75, 3.05) is 36.5 Å². The molecule has 0 radical (unpaired) electrons. The molecule has 164 valence electrons. The zero-order chi connectivity index (χ0) is 22.0. The highest BCUT2D eigenvalue weighted by molar-refractivity contribution is 7.22. The first kappa shape index (κ1) is 21.4. The summed E-state index contributed by atoms with van der Waals surface area (Å²) in [4.78, 5) is 24.9. The second-order valence-electron chi connectivity index (χ2n) is 7.53. The Labute approximate surface area is 182 Å². The maximum Gasteiger partial charge on any atom is 0.324 e. The molecule has 1 unspecified atom stereocenters. The van der Waals surface area contributed by atoms with Crippen LogP contribution in [0, 0.1) is 11.6 Å². The van der Waals surface area contributed by atoms with Gasteiger partial charge >= 0.3 is 6.03 Å². The number of benzene rings is 1. The van der Waals surface area contributed by atoms with E-state index in [4.69, 9.17) is 5.11 Å². The first-order chi connectivity index (χ1) is 14.9. The number of hydrogen-bond acceptors (Lipinski definition) is 6. The number of anilines is 2. The molecule has 10 heteroatoms. The average molecular weight is 448 g/mol. The fourth-order valence-corrected chi connectivity index (χ4v) is 4.57. The SMILES string of the molecule is CC1CN(c2ncc(CCCO)cc2F)CCN1C(=O)Nc1nc2ccc(F)cc2s1. The Morgan fingerprint density at radius 1 is 1.32 bits per heavy atom. The van der Waals surface area contributed by atoms with Crippen LogP contribution in [0.3, 0.4) is 0 Å². The van der Waals surface area contributed by atoms with Crippen molar-refractivity contribution in [3.8, 4) is 0 Å². The number of thiazole rings is 1. The number of halogens is 2. The molecule has 0 bridgehead atoms. The zero-order valence-electron chi connectivity index (χ0n) is 17.0. The van der Waals surface area contributed by atoms with Crippen LogP contribution in [0.5, 0.6) is 0 Å². The fraction of sp³-hybridized carbons (Fsp3) is 0.381. The highest BCUT2D eigenvalue weighted by atomic mass is 32.1. The van der Waals surface area contributed by atoms with E-state index in [2.05, 4.69) is 15.3 Å². The van der Waals surface area contributed by atoms with E-state index in [0.29, 0.717) is 47.8 Å². The number of nitrogens with zero attached hydrogens (tertiary/aromatic N) is 4. The molecule has 4 rings (SSSR count). The normalized spacial score (nSPS) is 16.7. The molecule has 1 aliphatic rings. The minimum absolute atomic E-state index is 0.0544. The number of nitrogens with one attached hydrogen (secondary N) is 1. The molecular formula is C21H23F2N5O2S. The van der Waals surface area contributed by atoms with Crippen LogP contribution in [-0.4, -0.2) is 58.3 Å². The minimum Gasteiger partial charge on any atom is -0.396 e. The Balaban J connectivity index is 1.39. The van der Waals surface area contributed by atoms with Gasteiger partial charge in [0.25, 0.3) is 0 Å². The third-order valence-corrected chi connectivity index (χ3v) is 6.19. The number of amides is 2. The Morgan fingerprint density at radius 3 is 2.90 bits per heavy atom. The van der Waals surface area contributed by atoms with E-state index in [0.717, 1.165) is 5.56 Å². The highest BCUT2D eigenvalue weighted by Crippen LogP contribution is 2.27. The van der Waals surface area contributed by atoms with E-state index in [-0.39, 0.29) is 30.3 Å². The lowest BCUT2D eigenvalue weighted by Gasteiger charge is -2.40. The first-order valence-electron chi connectivity index (χ1n) is 10.1. The van der Waals surface area contributed by atoms with Crippen molar-refractivity contribution in [3.63, 3.8) is 0 Å². The highest BCUT2D eigenvalue weighted by Gasteiger charge is 2.29. The third-order valence-electron chi connectivity index (χ3n) is 5.25. The minimum atomic E-state index is -0.401. The summed E-state index contributed by atoms with van der Waals surface area (Å²) in [5.74, 6) is -0.476. The van der Waals surface area contributed by atoms with Crippen LogP contribution in [-0.2, 0) is 6.42 Å². The fourth-order valence-electron chi connectivity index (χ4n) is 3.69. The topological polar surface area (TPSA) is 81.6 Å². The van der Waals surface area contributed by atoms with E-state index in [9.17, 15) is 13.6 Å². The van der Waals surface area contributed by atoms with Crippen LogP contribution in [0.1, 0.15) is 18.9 Å². The molecule has 2 amide bonds. The van der Waals surface area contributed by atoms with Gasteiger partial charge in [-0.2, -0.15) is 0 Å². The van der Waals surface area contributed by atoms with Crippen LogP contribution < -0.4 is 10.2 Å². The maximum absolute atomic E-state index is 14.6. The zero-order valence-corrected chi connectivity index (χ0v) is 17.8. The van der Waals surface area contributed by atoms with Crippen LogP contribution in [0.25, 0.3) is 10.2 Å². The van der Waals surface area contributed by atoms with Crippen LogP contribution in [0.2, 0.25) is 0 Å². The summed E-state index contributed by atoms with van der Waals surface area (Å²) in [6.07, 6.45) is 2.77. The summed E-state index contributed by atoms with van der Waals surface area (Å²) < 4.78 is 28.6. The maximum atomic E-state index is 14.6. The van der Waals surface area contributed by atoms with Gasteiger partial charge in [0.2, 0.25) is 0 Å². The van der Waals surface area contributed by atoms with Crippen molar-refractivity contribution < 1.29 is 18.7 Å². The third kappa shape index (κ3) is 4.75. The van der Waals surface area contributed by atoms with Gasteiger partial charge < -0.3 is 14.9 Å². The number of hydrogen-bond donors (Lipinski definition) is 2. The lowest BCUT2D eigenvalue weighted by Crippen LogP contribution is -2.55. The molecule has 1 atom stereocenters. The van der Waals surface area contributed by atoms with Gasteiger partial charge in [-0.3, -0.25) is 5.32 Å². The molecule has 3 heterocycles. The number of fused-ring (bicyclic) bond motifs is 1. The lowest BCUT2D eigenvalue weighted by atomic mass is 10.1. The molecule has 0 aliphatic carbocycles. The second-order valence-corrected chi connectivity index (χ2v) is 8.56. The average Bonchev–Trinajstić information content (AvgIpc) is 3.13. The summed E-state index contributed by atoms with van der Waals surface area (Å²) in [6, 6.07) is 5.30. The monoisotopic (exact) mass is 447 g/mol. The number of carbonyl (C=O) groups is 1. The molecular weight excluding hydrogens is 424 g/mol. The van der Waals surface area contributed by atoms with Crippen molar-refractivity contribution in [1.82, 2.24) is 14.9 Å². The molecule has 0 spiro atoms. The standard InChI is InChI=1S/C21H23F2N5O2S/c1-13-12-27(19-16(23)9-14(11-24-19)3-2-8-29)6-7-28(13)21(30)26-20-25-17-5-4-15(22)10-18(17)31-20/h4-5,9-11,13,29H,2-3,6-8,12H2,1H3,(H,25,26,30). The van der Waals surface area contributed by atoms with Crippen LogP contribution in [0.4, 0.5) is 24.5 Å². The number of aliphatic hydroxyl groups excluding tert-OH is 1. The Bertz CT molecular complexity index is 1090. The molecule has 2 aromatic heterocycles. The van der Waals surface area contributed by atoms with Crippen molar-refractivity contribution in [2.45, 2.75) is 25.8 Å². The number of aryl methyl sites for hydroxylation is 1. The molecule has 0 saturated carbocycles. The van der Waals surface area contributed by atoms with Gasteiger partial charge in [-0.05, 0) is 49.6 Å². The van der Waals surface area contributed by atoms with E-state index in [1.54, 1.807) is 17.2 Å². The Hall–Kier alpha value is -2.85. The van der Waals surface area contributed by atoms with E-state index in [1.165, 1.54) is 29.5 Å². The van der Waals surface area contributed by atoms with Gasteiger partial charge in [0.15, 0.2) is 16.8 Å². The quantitative estimate of drug-likeness (QED) is 0.624. The lowest BCUT2D eigenvalue weighted by molar-refractivity contribution is 0.184. The molecule has 1 aromatic carbocycles. The van der Waals surface area contributed by atoms with Gasteiger partial charge in [0.05, 0.1) is 10.2 Å². The van der Waals surface area contributed by atoms with Gasteiger partial charge in [0.1, 0.15) is 5.82 Å². The number of aromatic nitrogens is 2. The summed E-state index contributed by atoms with van der Waals surface area (Å²) in [7, 11) is 0. The van der Waals surface area contributed by atoms with Gasteiger partial charge in [0, 0.05) is 38.5 Å². The van der Waals surface area contributed by atoms with E-state index < -0.39 is 5.82 Å². The number of piperazine rings is 1. The van der Waals surface area contributed by atoms with E-state index in [1.807, 2.05) is 11.8 Å². The smallest absolute Gasteiger partial charge is 0.324 e. The van der Waals surface area contributed by atoms with Crippen molar-refractivity contribution in [1.29, 1.82) is 0 Å². The predicted molar refractivity (Wildman–Crippen MR) is 117 cm³/mol. The van der Waals surface area contributed by atoms with Crippen LogP contribution >= 0.6 is 11.3 Å². The summed E-state index contributed by atoms with van der Waals surface area (Å²) in [5.41, 5.74) is 1.38. The number of aliphatic hydroxyl groups is 1. The molecule has 1 fully saturated rings. The molecule has 2 N–H and O–H groups in total. The van der Waals surface area contributed by atoms with Crippen molar-refractivity contribution in [3.05, 3.63) is 47.7 Å². The van der Waals surface area contributed by atoms with Crippen LogP contribution in [0.15, 0.2) is 30.5 Å². The van der Waals surface area contributed by atoms with Crippen molar-refractivity contribution in [2.24, 2.45) is 0 Å². The largest absolute Gasteiger partial charge is 0.396 e. The summed E-state index contributed by atoms with van der Waals surface area (Å²) in [5, 5.41) is 12.1. The summed E-state index contributed by atoms with van der Waals surface area (Å²) >= 11 is 1.22. The number of rotatable bonds is 5. The number of pyridine rings is 1. The molecule has 3 aromatic rings. The van der Waals surface area contributed by atoms with Gasteiger partial charge in [-0.15, -0.1) is 0 Å². The molecule has 31 heavy (non-hydrogen) atoms. The number of carbonyl (C=O) groups excluding carboxylic acids is 1. The van der Waals surface area contributed by atoms with Crippen molar-refractivity contribution >= 4 is 38.5 Å². The molecule has 1 saturated heterocycles. The van der Waals surface area contributed by atoms with E-state index >= 15 is 0 Å². The molecule has 7 nitrogen and oxygen atoms in total. The van der Waals surface area contributed by atoms with Gasteiger partial charge in [-0.1, -0.05) is 11.3 Å². The Morgan fingerprint density at radius 2 is 2.16 bits per heavy atom. The molecule has 1 aliphatic heterocycles. The summed E-state index contributed by atoms with van der Waals surface area (Å²) in [6.45, 7) is 3.24.